The Morgan fingerprint density at radius 1 is 1.10 bits per heavy atom. The van der Waals surface area contributed by atoms with Crippen molar-refractivity contribution in [2.45, 2.75) is 32.9 Å². The summed E-state index contributed by atoms with van der Waals surface area (Å²) in [5.41, 5.74) is 2.27. The molecule has 2 aromatic carbocycles. The zero-order valence-electron chi connectivity index (χ0n) is 18.5. The molecule has 3 rings (SSSR count). The average Bonchev–Trinajstić information content (AvgIpc) is 3.33. The summed E-state index contributed by atoms with van der Waals surface area (Å²) in [7, 11) is 0. The molecule has 6 heteroatoms. The zero-order chi connectivity index (χ0) is 21.6. The van der Waals surface area contributed by atoms with E-state index in [1.165, 1.54) is 0 Å². The highest BCUT2D eigenvalue weighted by molar-refractivity contribution is 5.79. The Morgan fingerprint density at radius 2 is 1.97 bits per heavy atom. The Labute approximate surface area is 186 Å². The molecule has 2 aromatic rings. The maximum atomic E-state index is 5.92. The highest BCUT2D eigenvalue weighted by atomic mass is 16.5. The highest BCUT2D eigenvalue weighted by Gasteiger charge is 2.15. The lowest BCUT2D eigenvalue weighted by Gasteiger charge is -2.12. The molecule has 0 aromatic heterocycles. The van der Waals surface area contributed by atoms with Gasteiger partial charge in [0.05, 0.1) is 19.8 Å². The Kier molecular flexibility index (Phi) is 10.2. The molecule has 0 radical (unpaired) electrons. The van der Waals surface area contributed by atoms with Crippen molar-refractivity contribution in [3.8, 4) is 5.75 Å². The first-order chi connectivity index (χ1) is 15.3. The van der Waals surface area contributed by atoms with E-state index in [4.69, 9.17) is 19.2 Å². The summed E-state index contributed by atoms with van der Waals surface area (Å²) in [5, 5.41) is 6.68. The third-order valence-electron chi connectivity index (χ3n) is 5.05. The molecule has 6 nitrogen and oxygen atoms in total. The number of nitrogens with one attached hydrogen (secondary N) is 2. The number of benzene rings is 2. The van der Waals surface area contributed by atoms with Gasteiger partial charge in [0.1, 0.15) is 12.4 Å². The molecule has 0 bridgehead atoms. The van der Waals surface area contributed by atoms with E-state index in [0.717, 1.165) is 75.2 Å². The van der Waals surface area contributed by atoms with Gasteiger partial charge in [-0.3, -0.25) is 0 Å². The van der Waals surface area contributed by atoms with Crippen LogP contribution < -0.4 is 15.4 Å². The average molecular weight is 426 g/mol. The van der Waals surface area contributed by atoms with Gasteiger partial charge in [-0.05, 0) is 43.0 Å². The van der Waals surface area contributed by atoms with E-state index in [1.54, 1.807) is 0 Å². The van der Waals surface area contributed by atoms with E-state index < -0.39 is 0 Å². The summed E-state index contributed by atoms with van der Waals surface area (Å²) in [4.78, 5) is 4.71. The van der Waals surface area contributed by atoms with Crippen LogP contribution >= 0.6 is 0 Å². The fourth-order valence-electron chi connectivity index (χ4n) is 3.33. The summed E-state index contributed by atoms with van der Waals surface area (Å²) >= 11 is 0. The molecule has 2 N–H and O–H groups in total. The number of guanidine groups is 1. The van der Waals surface area contributed by atoms with Crippen molar-refractivity contribution in [2.24, 2.45) is 10.9 Å². The van der Waals surface area contributed by atoms with Crippen LogP contribution in [-0.2, 0) is 22.6 Å². The Balaban J connectivity index is 1.39. The first-order valence-corrected chi connectivity index (χ1v) is 11.3. The van der Waals surface area contributed by atoms with Crippen LogP contribution in [0.1, 0.15) is 30.9 Å². The van der Waals surface area contributed by atoms with Crippen molar-refractivity contribution in [1.82, 2.24) is 10.6 Å². The third-order valence-corrected chi connectivity index (χ3v) is 5.05. The van der Waals surface area contributed by atoms with Crippen LogP contribution in [0.15, 0.2) is 59.6 Å². The van der Waals surface area contributed by atoms with Crippen molar-refractivity contribution < 1.29 is 14.2 Å². The van der Waals surface area contributed by atoms with E-state index in [9.17, 15) is 0 Å². The van der Waals surface area contributed by atoms with Gasteiger partial charge in [-0.2, -0.15) is 0 Å². The smallest absolute Gasteiger partial charge is 0.191 e. The van der Waals surface area contributed by atoms with Crippen LogP contribution in [0, 0.1) is 5.92 Å². The lowest BCUT2D eigenvalue weighted by molar-refractivity contribution is 0.0888. The standard InChI is InChI=1S/C25H35N3O3/c1-2-26-25(27-13-7-14-29-18-23-12-15-30-19-23)28-17-22-10-6-11-24(16-22)31-20-21-8-4-3-5-9-21/h3-6,8-11,16,23H,2,7,12-15,17-20H2,1H3,(H2,26,27,28). The number of nitrogens with zero attached hydrogens (tertiary/aromatic N) is 1. The van der Waals surface area contributed by atoms with Gasteiger partial charge in [-0.1, -0.05) is 42.5 Å². The molecule has 168 valence electrons. The van der Waals surface area contributed by atoms with E-state index in [0.29, 0.717) is 19.1 Å². The minimum absolute atomic E-state index is 0.563. The number of ether oxygens (including phenoxy) is 3. The monoisotopic (exact) mass is 425 g/mol. The predicted molar refractivity (Wildman–Crippen MR) is 124 cm³/mol. The quantitative estimate of drug-likeness (QED) is 0.308. The molecule has 31 heavy (non-hydrogen) atoms. The number of hydrogen-bond donors (Lipinski definition) is 2. The molecular weight excluding hydrogens is 390 g/mol. The fourth-order valence-corrected chi connectivity index (χ4v) is 3.33. The van der Waals surface area contributed by atoms with Crippen LogP contribution in [0.2, 0.25) is 0 Å². The van der Waals surface area contributed by atoms with Gasteiger partial charge in [-0.25, -0.2) is 4.99 Å². The van der Waals surface area contributed by atoms with Crippen molar-refractivity contribution in [3.05, 3.63) is 65.7 Å². The Hall–Kier alpha value is -2.57. The van der Waals surface area contributed by atoms with Crippen LogP contribution in [-0.4, -0.2) is 45.5 Å². The van der Waals surface area contributed by atoms with Crippen LogP contribution in [0.4, 0.5) is 0 Å². The SMILES string of the molecule is CCNC(=NCc1cccc(OCc2ccccc2)c1)NCCCOCC1CCOC1. The predicted octanol–water partition coefficient (Wildman–Crippen LogP) is 3.76. The second-order valence-corrected chi connectivity index (χ2v) is 7.70. The van der Waals surface area contributed by atoms with Crippen molar-refractivity contribution in [3.63, 3.8) is 0 Å². The molecule has 1 aliphatic heterocycles. The summed E-state index contributed by atoms with van der Waals surface area (Å²) in [5.74, 6) is 2.25. The van der Waals surface area contributed by atoms with Gasteiger partial charge in [0.15, 0.2) is 5.96 Å². The van der Waals surface area contributed by atoms with E-state index >= 15 is 0 Å². The van der Waals surface area contributed by atoms with Crippen molar-refractivity contribution in [2.75, 3.05) is 39.5 Å². The van der Waals surface area contributed by atoms with Gasteiger partial charge >= 0.3 is 0 Å². The lowest BCUT2D eigenvalue weighted by atomic mass is 10.1. The second-order valence-electron chi connectivity index (χ2n) is 7.70. The summed E-state index contributed by atoms with van der Waals surface area (Å²) in [6.45, 7) is 8.15. The molecule has 1 fully saturated rings. The number of rotatable bonds is 12. The van der Waals surface area contributed by atoms with Crippen LogP contribution in [0.3, 0.4) is 0 Å². The van der Waals surface area contributed by atoms with Crippen molar-refractivity contribution in [1.29, 1.82) is 0 Å². The van der Waals surface area contributed by atoms with Gasteiger partial charge < -0.3 is 24.8 Å². The molecule has 1 saturated heterocycles. The molecule has 0 aliphatic carbocycles. The fraction of sp³-hybridized carbons (Fsp3) is 0.480. The highest BCUT2D eigenvalue weighted by Crippen LogP contribution is 2.16. The maximum Gasteiger partial charge on any atom is 0.191 e. The van der Waals surface area contributed by atoms with Crippen LogP contribution in [0.5, 0.6) is 5.75 Å². The summed E-state index contributed by atoms with van der Waals surface area (Å²) in [6.07, 6.45) is 2.06. The Bertz CT molecular complexity index is 777. The number of hydrogen-bond acceptors (Lipinski definition) is 4. The van der Waals surface area contributed by atoms with Crippen molar-refractivity contribution >= 4 is 5.96 Å². The first-order valence-electron chi connectivity index (χ1n) is 11.3. The summed E-state index contributed by atoms with van der Waals surface area (Å²) in [6, 6.07) is 18.3. The lowest BCUT2D eigenvalue weighted by Crippen LogP contribution is -2.38. The summed E-state index contributed by atoms with van der Waals surface area (Å²) < 4.78 is 17.1. The topological polar surface area (TPSA) is 64.1 Å². The second kappa shape index (κ2) is 13.7. The zero-order valence-corrected chi connectivity index (χ0v) is 18.5. The number of aliphatic imine (C=N–C) groups is 1. The maximum absolute atomic E-state index is 5.92. The van der Waals surface area contributed by atoms with E-state index in [2.05, 4.69) is 41.8 Å². The Morgan fingerprint density at radius 3 is 2.77 bits per heavy atom. The van der Waals surface area contributed by atoms with E-state index in [1.807, 2.05) is 30.3 Å². The van der Waals surface area contributed by atoms with Gasteiger partial charge in [0.25, 0.3) is 0 Å². The van der Waals surface area contributed by atoms with Gasteiger partial charge in [-0.15, -0.1) is 0 Å². The molecule has 0 amide bonds. The van der Waals surface area contributed by atoms with Crippen LogP contribution in [0.25, 0.3) is 0 Å². The molecule has 1 heterocycles. The van der Waals surface area contributed by atoms with E-state index in [-0.39, 0.29) is 0 Å². The minimum Gasteiger partial charge on any atom is -0.489 e. The molecule has 0 spiro atoms. The first kappa shape index (κ1) is 23.1. The largest absolute Gasteiger partial charge is 0.489 e. The molecule has 0 saturated carbocycles. The van der Waals surface area contributed by atoms with Gasteiger partial charge in [0, 0.05) is 32.2 Å². The minimum atomic E-state index is 0.563. The molecule has 1 atom stereocenters. The van der Waals surface area contributed by atoms with Gasteiger partial charge in [0.2, 0.25) is 0 Å². The third kappa shape index (κ3) is 8.99. The molecular formula is C25H35N3O3. The molecule has 1 aliphatic rings. The normalized spacial score (nSPS) is 16.3. The molecule has 1 unspecified atom stereocenters.